The van der Waals surface area contributed by atoms with Crippen molar-refractivity contribution in [3.63, 3.8) is 0 Å². The van der Waals surface area contributed by atoms with Crippen LogP contribution in [0.1, 0.15) is 12.8 Å². The van der Waals surface area contributed by atoms with Crippen molar-refractivity contribution in [2.75, 3.05) is 5.32 Å². The van der Waals surface area contributed by atoms with Crippen molar-refractivity contribution in [3.05, 3.63) is 28.2 Å². The topological polar surface area (TPSA) is 75.6 Å². The zero-order chi connectivity index (χ0) is 14.0. The van der Waals surface area contributed by atoms with E-state index in [2.05, 4.69) is 5.32 Å². The van der Waals surface area contributed by atoms with Crippen LogP contribution in [0, 0.1) is 0 Å². The molecule has 1 fully saturated rings. The van der Waals surface area contributed by atoms with Crippen LogP contribution in [0.15, 0.2) is 18.2 Å². The maximum atomic E-state index is 11.9. The van der Waals surface area contributed by atoms with Gasteiger partial charge in [0.15, 0.2) is 6.10 Å². The van der Waals surface area contributed by atoms with Crippen LogP contribution >= 0.6 is 23.2 Å². The van der Waals surface area contributed by atoms with Gasteiger partial charge in [0.25, 0.3) is 5.91 Å². The summed E-state index contributed by atoms with van der Waals surface area (Å²) < 4.78 is 5.14. The van der Waals surface area contributed by atoms with E-state index in [0.717, 1.165) is 0 Å². The summed E-state index contributed by atoms with van der Waals surface area (Å²) in [6, 6.07) is 4.85. The van der Waals surface area contributed by atoms with E-state index >= 15 is 0 Å². The van der Waals surface area contributed by atoms with Gasteiger partial charge >= 0.3 is 5.97 Å². The lowest BCUT2D eigenvalue weighted by Crippen LogP contribution is -2.30. The number of amides is 1. The highest BCUT2D eigenvalue weighted by molar-refractivity contribution is 6.39. The molecule has 1 amide bonds. The molecular formula is C12H11Cl2NO4. The molecule has 102 valence electrons. The molecule has 1 aliphatic rings. The molecule has 1 aromatic carbocycles. The Kier molecular flexibility index (Phi) is 4.29. The van der Waals surface area contributed by atoms with E-state index in [1.165, 1.54) is 0 Å². The Morgan fingerprint density at radius 2 is 1.79 bits per heavy atom. The van der Waals surface area contributed by atoms with Gasteiger partial charge in [0, 0.05) is 0 Å². The fourth-order valence-electron chi connectivity index (χ4n) is 1.83. The Morgan fingerprint density at radius 1 is 1.21 bits per heavy atom. The number of carboxylic acids is 1. The maximum Gasteiger partial charge on any atom is 0.332 e. The Bertz CT molecular complexity index is 500. The molecule has 0 unspecified atom stereocenters. The number of ether oxygens (including phenoxy) is 1. The summed E-state index contributed by atoms with van der Waals surface area (Å²) in [5.74, 6) is -1.51. The van der Waals surface area contributed by atoms with Gasteiger partial charge in [-0.2, -0.15) is 0 Å². The molecule has 0 aliphatic carbocycles. The number of halogens is 2. The Morgan fingerprint density at radius 3 is 2.32 bits per heavy atom. The lowest BCUT2D eigenvalue weighted by atomic mass is 10.2. The van der Waals surface area contributed by atoms with E-state index in [1.54, 1.807) is 18.2 Å². The van der Waals surface area contributed by atoms with E-state index in [0.29, 0.717) is 28.6 Å². The van der Waals surface area contributed by atoms with E-state index in [9.17, 15) is 9.59 Å². The highest BCUT2D eigenvalue weighted by Crippen LogP contribution is 2.31. The molecular weight excluding hydrogens is 293 g/mol. The Labute approximate surface area is 119 Å². The number of nitrogens with one attached hydrogen (secondary N) is 1. The number of carboxylic acid groups (broad SMARTS) is 1. The number of hydrogen-bond donors (Lipinski definition) is 2. The van der Waals surface area contributed by atoms with Gasteiger partial charge in [-0.3, -0.25) is 4.79 Å². The van der Waals surface area contributed by atoms with Crippen molar-refractivity contribution < 1.29 is 19.4 Å². The lowest BCUT2D eigenvalue weighted by molar-refractivity contribution is -0.150. The summed E-state index contributed by atoms with van der Waals surface area (Å²) in [6.45, 7) is 0. The van der Waals surface area contributed by atoms with Crippen LogP contribution in [0.25, 0.3) is 0 Å². The third-order valence-electron chi connectivity index (χ3n) is 2.80. The van der Waals surface area contributed by atoms with Gasteiger partial charge in [0.1, 0.15) is 6.10 Å². The number of para-hydroxylation sites is 1. The number of rotatable bonds is 3. The summed E-state index contributed by atoms with van der Waals surface area (Å²) in [7, 11) is 0. The average Bonchev–Trinajstić information content (AvgIpc) is 2.83. The number of carbonyl (C=O) groups excluding carboxylic acids is 1. The third-order valence-corrected chi connectivity index (χ3v) is 3.43. The zero-order valence-corrected chi connectivity index (χ0v) is 11.2. The molecule has 5 nitrogen and oxygen atoms in total. The molecule has 7 heteroatoms. The summed E-state index contributed by atoms with van der Waals surface area (Å²) in [6.07, 6.45) is -1.07. The molecule has 1 aromatic rings. The highest BCUT2D eigenvalue weighted by atomic mass is 35.5. The Balaban J connectivity index is 2.04. The first kappa shape index (κ1) is 14.1. The van der Waals surface area contributed by atoms with Crippen LogP contribution in [0.3, 0.4) is 0 Å². The Hall–Kier alpha value is -1.30. The molecule has 19 heavy (non-hydrogen) atoms. The van der Waals surface area contributed by atoms with Crippen LogP contribution in [0.4, 0.5) is 5.69 Å². The van der Waals surface area contributed by atoms with Crippen LogP contribution in [-0.4, -0.2) is 29.2 Å². The normalized spacial score (nSPS) is 22.2. The molecule has 0 saturated carbocycles. The van der Waals surface area contributed by atoms with E-state index in [-0.39, 0.29) is 0 Å². The zero-order valence-electron chi connectivity index (χ0n) is 9.73. The fourth-order valence-corrected chi connectivity index (χ4v) is 2.32. The van der Waals surface area contributed by atoms with Gasteiger partial charge in [0.05, 0.1) is 15.7 Å². The molecule has 0 radical (unpaired) electrons. The van der Waals surface area contributed by atoms with Crippen molar-refractivity contribution in [1.82, 2.24) is 0 Å². The molecule has 2 N–H and O–H groups in total. The molecule has 1 aliphatic heterocycles. The SMILES string of the molecule is O=C(Nc1c(Cl)cccc1Cl)[C@@H]1CC[C@H](C(=O)O)O1. The summed E-state index contributed by atoms with van der Waals surface area (Å²) in [5.41, 5.74) is 0.304. The second kappa shape index (κ2) is 5.77. The average molecular weight is 304 g/mol. The summed E-state index contributed by atoms with van der Waals surface area (Å²) in [4.78, 5) is 22.7. The predicted octanol–water partition coefficient (Wildman–Crippen LogP) is 2.56. The standard InChI is InChI=1S/C12H11Cl2NO4/c13-6-2-1-3-7(14)10(6)15-11(16)8-4-5-9(19-8)12(17)18/h1-3,8-9H,4-5H2,(H,15,16)(H,17,18)/t8-,9+/m0/s1. The molecule has 0 spiro atoms. The quantitative estimate of drug-likeness (QED) is 0.900. The molecule has 0 bridgehead atoms. The van der Waals surface area contributed by atoms with Gasteiger partial charge in [-0.25, -0.2) is 4.79 Å². The molecule has 1 heterocycles. The molecule has 1 saturated heterocycles. The first-order chi connectivity index (χ1) is 8.99. The minimum Gasteiger partial charge on any atom is -0.479 e. The molecule has 2 atom stereocenters. The van der Waals surface area contributed by atoms with Crippen LogP contribution < -0.4 is 5.32 Å². The number of carbonyl (C=O) groups is 2. The molecule has 0 aromatic heterocycles. The van der Waals surface area contributed by atoms with Gasteiger partial charge < -0.3 is 15.2 Å². The fraction of sp³-hybridized carbons (Fsp3) is 0.333. The maximum absolute atomic E-state index is 11.9. The third kappa shape index (κ3) is 3.18. The van der Waals surface area contributed by atoms with Crippen LogP contribution in [0.2, 0.25) is 10.0 Å². The van der Waals surface area contributed by atoms with E-state index < -0.39 is 24.1 Å². The van der Waals surface area contributed by atoms with E-state index in [4.69, 9.17) is 33.0 Å². The minimum absolute atomic E-state index is 0.304. The second-order valence-electron chi connectivity index (χ2n) is 4.11. The number of benzene rings is 1. The lowest BCUT2D eigenvalue weighted by Gasteiger charge is -2.13. The smallest absolute Gasteiger partial charge is 0.332 e. The van der Waals surface area contributed by atoms with E-state index in [1.807, 2.05) is 0 Å². The van der Waals surface area contributed by atoms with Crippen LogP contribution in [0.5, 0.6) is 0 Å². The first-order valence-corrected chi connectivity index (χ1v) is 6.38. The second-order valence-corrected chi connectivity index (χ2v) is 4.93. The largest absolute Gasteiger partial charge is 0.479 e. The van der Waals surface area contributed by atoms with Crippen molar-refractivity contribution in [2.45, 2.75) is 25.0 Å². The van der Waals surface area contributed by atoms with Crippen molar-refractivity contribution in [3.8, 4) is 0 Å². The number of hydrogen-bond acceptors (Lipinski definition) is 3. The van der Waals surface area contributed by atoms with Gasteiger partial charge in [-0.05, 0) is 25.0 Å². The summed E-state index contributed by atoms with van der Waals surface area (Å²) in [5, 5.41) is 12.0. The number of anilines is 1. The number of aliphatic carboxylic acids is 1. The minimum atomic E-state index is -1.06. The van der Waals surface area contributed by atoms with Gasteiger partial charge in [0.2, 0.25) is 0 Å². The monoisotopic (exact) mass is 303 g/mol. The van der Waals surface area contributed by atoms with Crippen molar-refractivity contribution in [1.29, 1.82) is 0 Å². The van der Waals surface area contributed by atoms with Crippen molar-refractivity contribution in [2.24, 2.45) is 0 Å². The van der Waals surface area contributed by atoms with Crippen molar-refractivity contribution >= 4 is 40.8 Å². The van der Waals surface area contributed by atoms with Gasteiger partial charge in [-0.15, -0.1) is 0 Å². The highest BCUT2D eigenvalue weighted by Gasteiger charge is 2.35. The first-order valence-electron chi connectivity index (χ1n) is 5.62. The molecule has 2 rings (SSSR count). The summed E-state index contributed by atoms with van der Waals surface area (Å²) >= 11 is 11.9. The van der Waals surface area contributed by atoms with Crippen LogP contribution in [-0.2, 0) is 14.3 Å². The predicted molar refractivity (Wildman–Crippen MR) is 70.6 cm³/mol. The van der Waals surface area contributed by atoms with Gasteiger partial charge in [-0.1, -0.05) is 29.3 Å².